The number of benzene rings is 5. The molecule has 2 unspecified atom stereocenters. The lowest BCUT2D eigenvalue weighted by molar-refractivity contribution is 0.952. The first-order chi connectivity index (χ1) is 20.6. The second-order valence-electron chi connectivity index (χ2n) is 10.2. The molecule has 5 aromatic carbocycles. The molecule has 5 rings (SSSR count). The Morgan fingerprint density at radius 2 is 1.31 bits per heavy atom. The Morgan fingerprint density at radius 1 is 0.667 bits per heavy atom. The average Bonchev–Trinajstić information content (AvgIpc) is 3.06. The van der Waals surface area contributed by atoms with Crippen LogP contribution in [-0.2, 0) is 0 Å². The third-order valence-electron chi connectivity index (χ3n) is 7.51. The molecule has 0 aliphatic carbocycles. The summed E-state index contributed by atoms with van der Waals surface area (Å²) in [4.78, 5) is 0. The molecule has 1 heteroatoms. The minimum absolute atomic E-state index is 0.471. The van der Waals surface area contributed by atoms with Crippen molar-refractivity contribution in [3.8, 4) is 22.3 Å². The van der Waals surface area contributed by atoms with Gasteiger partial charge in [0.15, 0.2) is 0 Å². The Balaban J connectivity index is 0.00000198. The highest BCUT2D eigenvalue weighted by Crippen LogP contribution is 2.41. The van der Waals surface area contributed by atoms with Crippen molar-refractivity contribution >= 4 is 41.5 Å². The molecule has 0 aliphatic rings. The van der Waals surface area contributed by atoms with Crippen LogP contribution >= 0.6 is 7.92 Å². The van der Waals surface area contributed by atoms with Crippen LogP contribution in [-0.4, -0.2) is 5.66 Å². The third-order valence-corrected chi connectivity index (χ3v) is 10.2. The zero-order valence-electron chi connectivity index (χ0n) is 25.6. The Labute approximate surface area is 254 Å². The van der Waals surface area contributed by atoms with Gasteiger partial charge in [-0.3, -0.25) is 0 Å². The fourth-order valence-electron chi connectivity index (χ4n) is 5.40. The minimum atomic E-state index is -0.503. The van der Waals surface area contributed by atoms with E-state index in [0.29, 0.717) is 5.66 Å². The van der Waals surface area contributed by atoms with Gasteiger partial charge in [-0.2, -0.15) is 0 Å². The zero-order valence-corrected chi connectivity index (χ0v) is 26.4. The van der Waals surface area contributed by atoms with Gasteiger partial charge in [0.2, 0.25) is 0 Å². The van der Waals surface area contributed by atoms with Crippen molar-refractivity contribution in [2.45, 2.75) is 46.2 Å². The molecule has 0 radical (unpaired) electrons. The van der Waals surface area contributed by atoms with E-state index in [0.717, 1.165) is 17.5 Å². The molecule has 212 valence electrons. The second kappa shape index (κ2) is 15.3. The molecule has 0 fully saturated rings. The lowest BCUT2D eigenvalue weighted by Crippen LogP contribution is -2.18. The molecule has 42 heavy (non-hydrogen) atoms. The fourth-order valence-corrected chi connectivity index (χ4v) is 7.95. The minimum Gasteiger partial charge on any atom is -0.0984 e. The summed E-state index contributed by atoms with van der Waals surface area (Å²) in [6.07, 6.45) is 10.9. The summed E-state index contributed by atoms with van der Waals surface area (Å²) in [5, 5.41) is 5.27. The van der Waals surface area contributed by atoms with Crippen molar-refractivity contribution in [2.24, 2.45) is 0 Å². The largest absolute Gasteiger partial charge is 0.0984 e. The molecule has 0 saturated heterocycles. The average molecular weight is 567 g/mol. The molecule has 0 amide bonds. The van der Waals surface area contributed by atoms with Crippen LogP contribution in [0.25, 0.3) is 45.2 Å². The molecule has 0 heterocycles. The zero-order chi connectivity index (χ0) is 29.9. The molecular weight excluding hydrogens is 523 g/mol. The molecule has 0 N–H and O–H groups in total. The molecule has 0 saturated carbocycles. The lowest BCUT2D eigenvalue weighted by atomic mass is 9.94. The predicted molar refractivity (Wildman–Crippen MR) is 192 cm³/mol. The van der Waals surface area contributed by atoms with Crippen LogP contribution in [0.15, 0.2) is 135 Å². The molecule has 5 aromatic rings. The van der Waals surface area contributed by atoms with E-state index in [4.69, 9.17) is 0 Å². The van der Waals surface area contributed by atoms with Crippen LogP contribution in [0.3, 0.4) is 0 Å². The standard InChI is InChI=1S/C39H37P.C2H6/c1-5-8-10-14-29(4)40(36-16-11-9-12-17-36)37-18-13-15-33(28-37)31-20-22-32(23-21-31)34-25-26-39-35(27-34)24-19-30(6-2)38(39)7-3;1-2/h6-7,9-29H,2-3,5,8H2,1,4H3;1-2H3/b14-10-;. The lowest BCUT2D eigenvalue weighted by Gasteiger charge is -2.24. The molecule has 2 atom stereocenters. The maximum atomic E-state index is 4.02. The summed E-state index contributed by atoms with van der Waals surface area (Å²) in [5.74, 6) is 0. The molecule has 0 aliphatic heterocycles. The van der Waals surface area contributed by atoms with Crippen molar-refractivity contribution in [3.63, 3.8) is 0 Å². The topological polar surface area (TPSA) is 0 Å². The van der Waals surface area contributed by atoms with Gasteiger partial charge in [0.05, 0.1) is 0 Å². The number of unbranched alkanes of at least 4 members (excludes halogenated alkanes) is 1. The maximum absolute atomic E-state index is 4.02. The quantitative estimate of drug-likeness (QED) is 0.116. The van der Waals surface area contributed by atoms with Gasteiger partial charge >= 0.3 is 0 Å². The highest BCUT2D eigenvalue weighted by Gasteiger charge is 2.19. The van der Waals surface area contributed by atoms with Crippen molar-refractivity contribution in [3.05, 3.63) is 146 Å². The summed E-state index contributed by atoms with van der Waals surface area (Å²) in [7, 11) is -0.503. The summed E-state index contributed by atoms with van der Waals surface area (Å²) in [5.41, 5.74) is 7.67. The van der Waals surface area contributed by atoms with Gasteiger partial charge in [0.1, 0.15) is 0 Å². The van der Waals surface area contributed by atoms with Crippen molar-refractivity contribution < 1.29 is 0 Å². The Kier molecular flexibility index (Phi) is 11.3. The predicted octanol–water partition coefficient (Wildman–Crippen LogP) is 11.7. The normalized spacial score (nSPS) is 12.4. The first-order valence-electron chi connectivity index (χ1n) is 15.2. The van der Waals surface area contributed by atoms with Crippen molar-refractivity contribution in [2.75, 3.05) is 0 Å². The second-order valence-corrected chi connectivity index (χ2v) is 12.8. The number of hydrogen-bond acceptors (Lipinski definition) is 0. The van der Waals surface area contributed by atoms with Crippen LogP contribution in [0, 0.1) is 0 Å². The van der Waals surface area contributed by atoms with Crippen LogP contribution in [0.2, 0.25) is 0 Å². The summed E-state index contributed by atoms with van der Waals surface area (Å²) < 4.78 is 0. The van der Waals surface area contributed by atoms with Crippen LogP contribution < -0.4 is 10.6 Å². The van der Waals surface area contributed by atoms with Gasteiger partial charge in [-0.1, -0.05) is 169 Å². The Bertz CT molecular complexity index is 1640. The fraction of sp³-hybridized carbons (Fsp3) is 0.171. The van der Waals surface area contributed by atoms with E-state index in [-0.39, 0.29) is 0 Å². The smallest absolute Gasteiger partial charge is 0.00223 e. The van der Waals surface area contributed by atoms with Gasteiger partial charge in [-0.05, 0) is 81.2 Å². The highest BCUT2D eigenvalue weighted by molar-refractivity contribution is 7.73. The van der Waals surface area contributed by atoms with Crippen LogP contribution in [0.5, 0.6) is 0 Å². The molecule has 0 spiro atoms. The molecule has 0 aromatic heterocycles. The van der Waals surface area contributed by atoms with E-state index < -0.39 is 7.92 Å². The van der Waals surface area contributed by atoms with Gasteiger partial charge in [-0.15, -0.1) is 0 Å². The monoisotopic (exact) mass is 566 g/mol. The number of allylic oxidation sites excluding steroid dienone is 2. The van der Waals surface area contributed by atoms with E-state index in [1.807, 2.05) is 26.0 Å². The van der Waals surface area contributed by atoms with E-state index >= 15 is 0 Å². The first kappa shape index (κ1) is 31.0. The summed E-state index contributed by atoms with van der Waals surface area (Å²) in [6, 6.07) is 40.2. The van der Waals surface area contributed by atoms with Gasteiger partial charge in [0.25, 0.3) is 0 Å². The number of hydrogen-bond donors (Lipinski definition) is 0. The number of rotatable bonds is 10. The summed E-state index contributed by atoms with van der Waals surface area (Å²) in [6.45, 7) is 16.6. The highest BCUT2D eigenvalue weighted by atomic mass is 31.1. The van der Waals surface area contributed by atoms with E-state index in [1.54, 1.807) is 0 Å². The van der Waals surface area contributed by atoms with E-state index in [9.17, 15) is 0 Å². The Morgan fingerprint density at radius 3 is 1.95 bits per heavy atom. The molecule has 0 bridgehead atoms. The molecular formula is C41H43P. The maximum Gasteiger partial charge on any atom is 0.00223 e. The summed E-state index contributed by atoms with van der Waals surface area (Å²) >= 11 is 0. The molecule has 0 nitrogen and oxygen atoms in total. The first-order valence-corrected chi connectivity index (χ1v) is 16.6. The van der Waals surface area contributed by atoms with Crippen LogP contribution in [0.4, 0.5) is 0 Å². The SMILES string of the molecule is C=Cc1ccc2cc(-c3ccc(-c4cccc(P(c5ccccc5)C(C)/C=C\CCC)c4)cc3)ccc2c1C=C.CC. The third kappa shape index (κ3) is 7.07. The Hall–Kier alpha value is -3.99. The van der Waals surface area contributed by atoms with Gasteiger partial charge in [0, 0.05) is 5.66 Å². The van der Waals surface area contributed by atoms with Gasteiger partial charge < -0.3 is 0 Å². The van der Waals surface area contributed by atoms with Crippen molar-refractivity contribution in [1.82, 2.24) is 0 Å². The van der Waals surface area contributed by atoms with E-state index in [1.165, 1.54) is 50.1 Å². The van der Waals surface area contributed by atoms with Crippen LogP contribution in [0.1, 0.15) is 51.7 Å². The van der Waals surface area contributed by atoms with Crippen molar-refractivity contribution in [1.29, 1.82) is 0 Å². The van der Waals surface area contributed by atoms with Gasteiger partial charge in [-0.25, -0.2) is 0 Å². The van der Waals surface area contributed by atoms with E-state index in [2.05, 4.69) is 148 Å². The number of fused-ring (bicyclic) bond motifs is 1.